The lowest BCUT2D eigenvalue weighted by atomic mass is 10.2. The van der Waals surface area contributed by atoms with Gasteiger partial charge in [-0.3, -0.25) is 4.79 Å². The zero-order valence-electron chi connectivity index (χ0n) is 16.4. The van der Waals surface area contributed by atoms with Gasteiger partial charge in [0, 0.05) is 38.8 Å². The van der Waals surface area contributed by atoms with E-state index in [-0.39, 0.29) is 18.5 Å². The van der Waals surface area contributed by atoms with Crippen molar-refractivity contribution in [2.45, 2.75) is 32.2 Å². The number of methoxy groups -OCH3 is 1. The summed E-state index contributed by atoms with van der Waals surface area (Å²) in [4.78, 5) is 21.0. The number of likely N-dealkylation sites (tertiary alicyclic amines) is 1. The zero-order chi connectivity index (χ0) is 19.1. The number of carbonyl (C=O) groups excluding carboxylic acids is 1. The van der Waals surface area contributed by atoms with Crippen LogP contribution in [-0.2, 0) is 4.79 Å². The number of hydrogen-bond acceptors (Lipinski definition) is 4. The topological polar surface area (TPSA) is 69.2 Å². The van der Waals surface area contributed by atoms with E-state index in [0.29, 0.717) is 0 Å². The van der Waals surface area contributed by atoms with E-state index in [1.165, 1.54) is 0 Å². The second kappa shape index (κ2) is 9.48. The van der Waals surface area contributed by atoms with Gasteiger partial charge < -0.3 is 25.2 Å². The molecule has 2 N–H and O–H groups in total. The highest BCUT2D eigenvalue weighted by Crippen LogP contribution is 2.30. The minimum absolute atomic E-state index is 0.117. The zero-order valence-corrected chi connectivity index (χ0v) is 16.4. The molecule has 1 atom stereocenters. The fraction of sp³-hybridized carbons (Fsp3) is 0.600. The van der Waals surface area contributed by atoms with Crippen LogP contribution >= 0.6 is 0 Å². The van der Waals surface area contributed by atoms with Gasteiger partial charge in [0.25, 0.3) is 0 Å². The van der Waals surface area contributed by atoms with E-state index in [1.54, 1.807) is 7.11 Å². The largest absolute Gasteiger partial charge is 0.495 e. The van der Waals surface area contributed by atoms with Crippen molar-refractivity contribution >= 4 is 17.6 Å². The molecule has 2 fully saturated rings. The number of rotatable bonds is 6. The third-order valence-corrected chi connectivity index (χ3v) is 5.13. The first-order valence-electron chi connectivity index (χ1n) is 9.92. The quantitative estimate of drug-likeness (QED) is 0.584. The third kappa shape index (κ3) is 5.05. The van der Waals surface area contributed by atoms with Crippen molar-refractivity contribution in [1.29, 1.82) is 0 Å². The standard InChI is InChI=1S/C20H31N5O2/c1-3-21-20(22-14-19(26)24-11-6-7-12-24)23-16-10-13-25(15-16)17-8-4-5-9-18(17)27-2/h4-5,8-9,16H,3,6-7,10-15H2,1-2H3,(H2,21,22,23). The summed E-state index contributed by atoms with van der Waals surface area (Å²) in [6.07, 6.45) is 3.23. The Kier molecular flexibility index (Phi) is 6.79. The Hall–Kier alpha value is -2.44. The van der Waals surface area contributed by atoms with Gasteiger partial charge in [0.15, 0.2) is 5.96 Å². The monoisotopic (exact) mass is 373 g/mol. The molecule has 1 aromatic rings. The number of para-hydroxylation sites is 2. The van der Waals surface area contributed by atoms with Crippen molar-refractivity contribution < 1.29 is 9.53 Å². The van der Waals surface area contributed by atoms with E-state index in [9.17, 15) is 4.79 Å². The van der Waals surface area contributed by atoms with Gasteiger partial charge in [-0.1, -0.05) is 12.1 Å². The van der Waals surface area contributed by atoms with Gasteiger partial charge in [-0.2, -0.15) is 0 Å². The molecule has 0 saturated carbocycles. The predicted octanol–water partition coefficient (Wildman–Crippen LogP) is 1.45. The van der Waals surface area contributed by atoms with E-state index in [2.05, 4.69) is 26.6 Å². The van der Waals surface area contributed by atoms with E-state index >= 15 is 0 Å². The second-order valence-corrected chi connectivity index (χ2v) is 7.03. The Labute approximate surface area is 161 Å². The van der Waals surface area contributed by atoms with Crippen LogP contribution in [0.25, 0.3) is 0 Å². The molecule has 0 bridgehead atoms. The number of amides is 1. The molecular formula is C20H31N5O2. The molecule has 0 aliphatic carbocycles. The van der Waals surface area contributed by atoms with Crippen LogP contribution in [0.1, 0.15) is 26.2 Å². The highest BCUT2D eigenvalue weighted by atomic mass is 16.5. The second-order valence-electron chi connectivity index (χ2n) is 7.03. The lowest BCUT2D eigenvalue weighted by Crippen LogP contribution is -2.45. The average molecular weight is 374 g/mol. The van der Waals surface area contributed by atoms with Crippen molar-refractivity contribution in [2.24, 2.45) is 4.99 Å². The Bertz CT molecular complexity index is 658. The number of nitrogens with one attached hydrogen (secondary N) is 2. The maximum atomic E-state index is 12.2. The number of anilines is 1. The van der Waals surface area contributed by atoms with Crippen molar-refractivity contribution in [1.82, 2.24) is 15.5 Å². The van der Waals surface area contributed by atoms with Gasteiger partial charge >= 0.3 is 0 Å². The van der Waals surface area contributed by atoms with Gasteiger partial charge in [0.1, 0.15) is 12.3 Å². The van der Waals surface area contributed by atoms with E-state index in [0.717, 1.165) is 69.4 Å². The van der Waals surface area contributed by atoms with Crippen LogP contribution in [0.2, 0.25) is 0 Å². The first kappa shape index (κ1) is 19.3. The van der Waals surface area contributed by atoms with Crippen LogP contribution in [-0.4, -0.2) is 69.2 Å². The summed E-state index contributed by atoms with van der Waals surface area (Å²) >= 11 is 0. The number of nitrogens with zero attached hydrogens (tertiary/aromatic N) is 3. The maximum absolute atomic E-state index is 12.2. The molecule has 2 aliphatic rings. The summed E-state index contributed by atoms with van der Waals surface area (Å²) in [6, 6.07) is 8.39. The smallest absolute Gasteiger partial charge is 0.244 e. The third-order valence-electron chi connectivity index (χ3n) is 5.13. The summed E-state index contributed by atoms with van der Waals surface area (Å²) in [5, 5.41) is 6.74. The molecule has 0 aromatic heterocycles. The summed E-state index contributed by atoms with van der Waals surface area (Å²) in [5.74, 6) is 1.73. The van der Waals surface area contributed by atoms with Crippen molar-refractivity contribution in [3.05, 3.63) is 24.3 Å². The number of benzene rings is 1. The Balaban J connectivity index is 1.57. The fourth-order valence-electron chi connectivity index (χ4n) is 3.71. The fourth-order valence-corrected chi connectivity index (χ4v) is 3.71. The number of carbonyl (C=O) groups is 1. The molecule has 2 heterocycles. The van der Waals surface area contributed by atoms with Crippen LogP contribution in [0.15, 0.2) is 29.3 Å². The number of hydrogen-bond donors (Lipinski definition) is 2. The Morgan fingerprint density at radius 2 is 2.04 bits per heavy atom. The number of aliphatic imine (C=N–C) groups is 1. The highest BCUT2D eigenvalue weighted by molar-refractivity contribution is 5.85. The number of ether oxygens (including phenoxy) is 1. The molecular weight excluding hydrogens is 342 g/mol. The maximum Gasteiger partial charge on any atom is 0.244 e. The van der Waals surface area contributed by atoms with Crippen molar-refractivity contribution in [2.75, 3.05) is 51.3 Å². The van der Waals surface area contributed by atoms with Crippen LogP contribution in [0.5, 0.6) is 5.75 Å². The minimum Gasteiger partial charge on any atom is -0.495 e. The lowest BCUT2D eigenvalue weighted by Gasteiger charge is -2.22. The molecule has 2 saturated heterocycles. The normalized spacial score (nSPS) is 20.1. The highest BCUT2D eigenvalue weighted by Gasteiger charge is 2.25. The van der Waals surface area contributed by atoms with Crippen molar-refractivity contribution in [3.63, 3.8) is 0 Å². The summed E-state index contributed by atoms with van der Waals surface area (Å²) < 4.78 is 5.49. The first-order chi connectivity index (χ1) is 13.2. The molecule has 1 unspecified atom stereocenters. The molecule has 27 heavy (non-hydrogen) atoms. The van der Waals surface area contributed by atoms with Gasteiger partial charge in [-0.15, -0.1) is 0 Å². The summed E-state index contributed by atoms with van der Waals surface area (Å²) in [5.41, 5.74) is 1.12. The van der Waals surface area contributed by atoms with E-state index in [1.807, 2.05) is 30.0 Å². The Morgan fingerprint density at radius 3 is 2.78 bits per heavy atom. The SMILES string of the molecule is CCNC(=NCC(=O)N1CCCC1)NC1CCN(c2ccccc2OC)C1. The molecule has 2 aliphatic heterocycles. The molecule has 3 rings (SSSR count). The van der Waals surface area contributed by atoms with Crippen LogP contribution in [0, 0.1) is 0 Å². The van der Waals surface area contributed by atoms with Gasteiger partial charge in [0.2, 0.25) is 5.91 Å². The Morgan fingerprint density at radius 1 is 1.26 bits per heavy atom. The van der Waals surface area contributed by atoms with Gasteiger partial charge in [-0.25, -0.2) is 4.99 Å². The molecule has 7 heteroatoms. The molecule has 7 nitrogen and oxygen atoms in total. The van der Waals surface area contributed by atoms with E-state index in [4.69, 9.17) is 4.74 Å². The lowest BCUT2D eigenvalue weighted by molar-refractivity contribution is -0.128. The van der Waals surface area contributed by atoms with Crippen LogP contribution < -0.4 is 20.3 Å². The molecule has 148 valence electrons. The summed E-state index contributed by atoms with van der Waals surface area (Å²) in [7, 11) is 1.71. The van der Waals surface area contributed by atoms with E-state index < -0.39 is 0 Å². The minimum atomic E-state index is 0.117. The van der Waals surface area contributed by atoms with Crippen molar-refractivity contribution in [3.8, 4) is 5.75 Å². The average Bonchev–Trinajstić information content (AvgIpc) is 3.38. The molecule has 1 amide bonds. The van der Waals surface area contributed by atoms with Gasteiger partial charge in [-0.05, 0) is 38.3 Å². The molecule has 0 radical (unpaired) electrons. The number of guanidine groups is 1. The predicted molar refractivity (Wildman–Crippen MR) is 109 cm³/mol. The summed E-state index contributed by atoms with van der Waals surface area (Å²) in [6.45, 7) is 6.60. The molecule has 0 spiro atoms. The van der Waals surface area contributed by atoms with Crippen LogP contribution in [0.4, 0.5) is 5.69 Å². The first-order valence-corrected chi connectivity index (χ1v) is 9.92. The van der Waals surface area contributed by atoms with Gasteiger partial charge in [0.05, 0.1) is 12.8 Å². The van der Waals surface area contributed by atoms with Crippen LogP contribution in [0.3, 0.4) is 0 Å². The molecule has 1 aromatic carbocycles.